The summed E-state index contributed by atoms with van der Waals surface area (Å²) in [5.41, 5.74) is 7.65. The molecular formula is C17H19FN2O. The van der Waals surface area contributed by atoms with Crippen LogP contribution in [-0.4, -0.2) is 11.9 Å². The summed E-state index contributed by atoms with van der Waals surface area (Å²) in [6, 6.07) is 14.9. The van der Waals surface area contributed by atoms with E-state index in [4.69, 9.17) is 5.73 Å². The van der Waals surface area contributed by atoms with Crippen LogP contribution in [-0.2, 0) is 11.2 Å². The van der Waals surface area contributed by atoms with E-state index in [1.54, 1.807) is 12.1 Å². The maximum atomic E-state index is 13.2. The molecule has 2 aromatic carbocycles. The lowest BCUT2D eigenvalue weighted by atomic mass is 10.0. The molecule has 0 saturated heterocycles. The van der Waals surface area contributed by atoms with Crippen molar-refractivity contribution in [3.8, 4) is 0 Å². The van der Waals surface area contributed by atoms with Crippen LogP contribution in [0.15, 0.2) is 54.6 Å². The summed E-state index contributed by atoms with van der Waals surface area (Å²) in [6.45, 7) is 1.81. The summed E-state index contributed by atoms with van der Waals surface area (Å²) >= 11 is 0. The maximum Gasteiger partial charge on any atom is 0.237 e. The summed E-state index contributed by atoms with van der Waals surface area (Å²) in [5, 5.41) is 2.81. The molecule has 0 saturated carbocycles. The zero-order chi connectivity index (χ0) is 15.2. The normalized spacial score (nSPS) is 13.5. The average Bonchev–Trinajstić information content (AvgIpc) is 2.48. The molecule has 2 atom stereocenters. The predicted molar refractivity (Wildman–Crippen MR) is 81.1 cm³/mol. The van der Waals surface area contributed by atoms with E-state index in [1.165, 1.54) is 12.1 Å². The molecule has 3 nitrogen and oxygen atoms in total. The van der Waals surface area contributed by atoms with Gasteiger partial charge in [0, 0.05) is 0 Å². The summed E-state index contributed by atoms with van der Waals surface area (Å²) in [5.74, 6) is -0.558. The molecule has 110 valence electrons. The second-order valence-electron chi connectivity index (χ2n) is 5.08. The molecule has 2 rings (SSSR count). The molecule has 0 spiro atoms. The molecule has 0 bridgehead atoms. The fourth-order valence-electron chi connectivity index (χ4n) is 2.14. The van der Waals surface area contributed by atoms with E-state index in [0.29, 0.717) is 6.42 Å². The minimum absolute atomic E-state index is 0.240. The van der Waals surface area contributed by atoms with Crippen LogP contribution in [0.4, 0.5) is 4.39 Å². The molecular weight excluding hydrogens is 267 g/mol. The number of nitrogens with one attached hydrogen (secondary N) is 1. The van der Waals surface area contributed by atoms with Crippen LogP contribution >= 0.6 is 0 Å². The fourth-order valence-corrected chi connectivity index (χ4v) is 2.14. The molecule has 0 unspecified atom stereocenters. The minimum Gasteiger partial charge on any atom is -0.348 e. The van der Waals surface area contributed by atoms with E-state index >= 15 is 0 Å². The molecule has 0 heterocycles. The van der Waals surface area contributed by atoms with Crippen molar-refractivity contribution in [2.24, 2.45) is 5.73 Å². The van der Waals surface area contributed by atoms with E-state index in [-0.39, 0.29) is 17.8 Å². The number of carbonyl (C=O) groups excluding carboxylic acids is 1. The number of halogens is 1. The van der Waals surface area contributed by atoms with Crippen molar-refractivity contribution in [2.75, 3.05) is 0 Å². The molecule has 0 fully saturated rings. The Labute approximate surface area is 124 Å². The van der Waals surface area contributed by atoms with Crippen molar-refractivity contribution >= 4 is 5.91 Å². The van der Waals surface area contributed by atoms with Gasteiger partial charge in [0.2, 0.25) is 5.91 Å². The highest BCUT2D eigenvalue weighted by Gasteiger charge is 2.17. The van der Waals surface area contributed by atoms with Gasteiger partial charge in [0.25, 0.3) is 0 Å². The molecule has 0 aliphatic rings. The Bertz CT molecular complexity index is 601. The van der Waals surface area contributed by atoms with Gasteiger partial charge in [-0.25, -0.2) is 4.39 Å². The van der Waals surface area contributed by atoms with Crippen LogP contribution in [0.2, 0.25) is 0 Å². The smallest absolute Gasteiger partial charge is 0.237 e. The first-order chi connectivity index (χ1) is 10.1. The Morgan fingerprint density at radius 2 is 1.90 bits per heavy atom. The van der Waals surface area contributed by atoms with Crippen LogP contribution in [0.1, 0.15) is 24.1 Å². The molecule has 1 amide bonds. The quantitative estimate of drug-likeness (QED) is 0.887. The topological polar surface area (TPSA) is 55.1 Å². The van der Waals surface area contributed by atoms with Gasteiger partial charge >= 0.3 is 0 Å². The Morgan fingerprint density at radius 1 is 1.19 bits per heavy atom. The highest BCUT2D eigenvalue weighted by Crippen LogP contribution is 2.13. The van der Waals surface area contributed by atoms with Gasteiger partial charge in [0.05, 0.1) is 12.1 Å². The summed E-state index contributed by atoms with van der Waals surface area (Å²) in [7, 11) is 0. The second kappa shape index (κ2) is 6.99. The van der Waals surface area contributed by atoms with E-state index in [1.807, 2.05) is 37.3 Å². The number of benzene rings is 2. The maximum absolute atomic E-state index is 13.2. The third-order valence-electron chi connectivity index (χ3n) is 3.34. The molecule has 3 N–H and O–H groups in total. The van der Waals surface area contributed by atoms with Crippen LogP contribution in [0.3, 0.4) is 0 Å². The molecule has 0 aromatic heterocycles. The predicted octanol–water partition coefficient (Wildman–Crippen LogP) is 2.57. The zero-order valence-corrected chi connectivity index (χ0v) is 11.9. The van der Waals surface area contributed by atoms with Crippen molar-refractivity contribution in [1.29, 1.82) is 0 Å². The molecule has 4 heteroatoms. The van der Waals surface area contributed by atoms with E-state index in [0.717, 1.165) is 11.1 Å². The minimum atomic E-state index is -0.622. The standard InChI is InChI=1S/C17H19FN2O/c1-12(14-8-5-9-15(18)11-14)20-17(21)16(19)10-13-6-3-2-4-7-13/h2-9,11-12,16H,10,19H2,1H3,(H,20,21)/t12-,16-/m0/s1. The highest BCUT2D eigenvalue weighted by atomic mass is 19.1. The van der Waals surface area contributed by atoms with Gasteiger partial charge in [-0.1, -0.05) is 42.5 Å². The van der Waals surface area contributed by atoms with E-state index in [9.17, 15) is 9.18 Å². The highest BCUT2D eigenvalue weighted by molar-refractivity contribution is 5.82. The zero-order valence-electron chi connectivity index (χ0n) is 11.9. The number of amides is 1. The lowest BCUT2D eigenvalue weighted by Crippen LogP contribution is -2.42. The Balaban J connectivity index is 1.94. The summed E-state index contributed by atoms with van der Waals surface area (Å²) < 4.78 is 13.2. The largest absolute Gasteiger partial charge is 0.348 e. The lowest BCUT2D eigenvalue weighted by Gasteiger charge is -2.18. The average molecular weight is 286 g/mol. The Kier molecular flexibility index (Phi) is 5.06. The summed E-state index contributed by atoms with van der Waals surface area (Å²) in [4.78, 5) is 12.1. The first kappa shape index (κ1) is 15.2. The molecule has 0 aliphatic heterocycles. The SMILES string of the molecule is C[C@H](NC(=O)[C@@H](N)Cc1ccccc1)c1cccc(F)c1. The third-order valence-corrected chi connectivity index (χ3v) is 3.34. The number of nitrogens with two attached hydrogens (primary N) is 1. The number of hydrogen-bond donors (Lipinski definition) is 2. The molecule has 21 heavy (non-hydrogen) atoms. The van der Waals surface area contributed by atoms with Gasteiger partial charge in [0.15, 0.2) is 0 Å². The van der Waals surface area contributed by atoms with Crippen molar-refractivity contribution in [2.45, 2.75) is 25.4 Å². The van der Waals surface area contributed by atoms with Gasteiger partial charge < -0.3 is 11.1 Å². The second-order valence-corrected chi connectivity index (χ2v) is 5.08. The lowest BCUT2D eigenvalue weighted by molar-refractivity contribution is -0.123. The van der Waals surface area contributed by atoms with Crippen LogP contribution in [0.25, 0.3) is 0 Å². The van der Waals surface area contributed by atoms with Gasteiger partial charge in [-0.2, -0.15) is 0 Å². The molecule has 0 aliphatic carbocycles. The third kappa shape index (κ3) is 4.39. The van der Waals surface area contributed by atoms with Crippen molar-refractivity contribution < 1.29 is 9.18 Å². The van der Waals surface area contributed by atoms with Crippen LogP contribution < -0.4 is 11.1 Å². The van der Waals surface area contributed by atoms with Crippen molar-refractivity contribution in [3.63, 3.8) is 0 Å². The first-order valence-electron chi connectivity index (χ1n) is 6.91. The van der Waals surface area contributed by atoms with Crippen LogP contribution in [0, 0.1) is 5.82 Å². The van der Waals surface area contributed by atoms with Crippen molar-refractivity contribution in [3.05, 3.63) is 71.5 Å². The van der Waals surface area contributed by atoms with E-state index < -0.39 is 6.04 Å². The molecule has 0 radical (unpaired) electrons. The van der Waals surface area contributed by atoms with Gasteiger partial charge in [-0.15, -0.1) is 0 Å². The first-order valence-corrected chi connectivity index (χ1v) is 6.91. The molecule has 2 aromatic rings. The summed E-state index contributed by atoms with van der Waals surface area (Å²) in [6.07, 6.45) is 0.475. The van der Waals surface area contributed by atoms with Gasteiger partial charge in [-0.3, -0.25) is 4.79 Å². The van der Waals surface area contributed by atoms with Gasteiger partial charge in [0.1, 0.15) is 5.82 Å². The van der Waals surface area contributed by atoms with Gasteiger partial charge in [-0.05, 0) is 36.6 Å². The Hall–Kier alpha value is -2.20. The van der Waals surface area contributed by atoms with Crippen molar-refractivity contribution in [1.82, 2.24) is 5.32 Å². The Morgan fingerprint density at radius 3 is 2.57 bits per heavy atom. The van der Waals surface area contributed by atoms with E-state index in [2.05, 4.69) is 5.32 Å². The number of hydrogen-bond acceptors (Lipinski definition) is 2. The fraction of sp³-hybridized carbons (Fsp3) is 0.235. The van der Waals surface area contributed by atoms with Crippen LogP contribution in [0.5, 0.6) is 0 Å². The number of rotatable bonds is 5. The monoisotopic (exact) mass is 286 g/mol. The number of carbonyl (C=O) groups is 1.